The highest BCUT2D eigenvalue weighted by Gasteiger charge is 1.80. The van der Waals surface area contributed by atoms with E-state index >= 15 is 0 Å². The summed E-state index contributed by atoms with van der Waals surface area (Å²) in [4.78, 5) is 0. The van der Waals surface area contributed by atoms with Crippen LogP contribution in [0.2, 0.25) is 0 Å². The maximum atomic E-state index is 5.35. The van der Waals surface area contributed by atoms with Gasteiger partial charge in [0, 0.05) is 6.54 Å². The fraction of sp³-hybridized carbons (Fsp3) is 0.143. The molecule has 0 bridgehead atoms. The van der Waals surface area contributed by atoms with E-state index in [0.717, 1.165) is 0 Å². The van der Waals surface area contributed by atoms with E-state index in [1.807, 2.05) is 30.3 Å². The summed E-state index contributed by atoms with van der Waals surface area (Å²) in [6.07, 6.45) is 0. The van der Waals surface area contributed by atoms with Crippen molar-refractivity contribution < 1.29 is 0 Å². The summed E-state index contributed by atoms with van der Waals surface area (Å²) in [6, 6.07) is 9.99. The molecule has 0 unspecified atom stereocenters. The molecule has 0 atom stereocenters. The Morgan fingerprint density at radius 2 is 1.67 bits per heavy atom. The molecule has 0 aromatic heterocycles. The van der Waals surface area contributed by atoms with E-state index in [1.165, 1.54) is 5.56 Å². The molecule has 50 valence electrons. The van der Waals surface area contributed by atoms with Crippen LogP contribution in [0.1, 0.15) is 5.56 Å². The molecule has 0 aliphatic carbocycles. The van der Waals surface area contributed by atoms with Crippen LogP contribution >= 0.6 is 12.4 Å². The standard InChI is InChI=1S/C7H9N.ClH/c8-6-7-4-2-1-3-5-7;/h1-5H,6,8H2;1H/i6+2;. The maximum Gasteiger partial charge on any atom is 0.0178 e. The highest BCUT2D eigenvalue weighted by atomic mass is 35.5. The van der Waals surface area contributed by atoms with Crippen molar-refractivity contribution in [2.24, 2.45) is 5.73 Å². The molecule has 0 radical (unpaired) electrons. The van der Waals surface area contributed by atoms with Crippen molar-refractivity contribution in [1.29, 1.82) is 0 Å². The molecule has 0 aliphatic rings. The van der Waals surface area contributed by atoms with Gasteiger partial charge < -0.3 is 5.73 Å². The maximum absolute atomic E-state index is 5.35. The molecule has 1 aromatic rings. The first kappa shape index (κ1) is 8.47. The van der Waals surface area contributed by atoms with Crippen molar-refractivity contribution in [2.45, 2.75) is 6.54 Å². The van der Waals surface area contributed by atoms with Crippen LogP contribution in [0.3, 0.4) is 0 Å². The van der Waals surface area contributed by atoms with Gasteiger partial charge >= 0.3 is 0 Å². The Kier molecular flexibility index (Phi) is 4.10. The number of hydrogen-bond donors (Lipinski definition) is 1. The van der Waals surface area contributed by atoms with Crippen LogP contribution in [-0.4, -0.2) is 0 Å². The third-order valence-electron chi connectivity index (χ3n) is 1.08. The third kappa shape index (κ3) is 2.49. The fourth-order valence-electron chi connectivity index (χ4n) is 0.614. The van der Waals surface area contributed by atoms with Crippen LogP contribution < -0.4 is 5.73 Å². The molecular formula is C7H10ClN. The molecule has 2 heteroatoms. The lowest BCUT2D eigenvalue weighted by molar-refractivity contribution is 1.07. The Balaban J connectivity index is 0.000000640. The Morgan fingerprint density at radius 3 is 2.00 bits per heavy atom. The van der Waals surface area contributed by atoms with Crippen molar-refractivity contribution in [2.75, 3.05) is 0 Å². The van der Waals surface area contributed by atoms with Crippen molar-refractivity contribution in [3.8, 4) is 0 Å². The minimum Gasteiger partial charge on any atom is -0.326 e. The van der Waals surface area contributed by atoms with Gasteiger partial charge in [0.25, 0.3) is 0 Å². The molecule has 0 amide bonds. The first-order valence-electron chi connectivity index (χ1n) is 2.67. The topological polar surface area (TPSA) is 26.0 Å². The van der Waals surface area contributed by atoms with E-state index in [4.69, 9.17) is 5.73 Å². The number of benzene rings is 1. The zero-order valence-corrected chi connectivity index (χ0v) is 5.90. The monoisotopic (exact) mass is 145 g/mol. The Hall–Kier alpha value is -0.530. The van der Waals surface area contributed by atoms with Gasteiger partial charge in [0.1, 0.15) is 0 Å². The molecule has 1 rings (SSSR count). The summed E-state index contributed by atoms with van der Waals surface area (Å²) in [5, 5.41) is 0. The van der Waals surface area contributed by atoms with Gasteiger partial charge in [-0.1, -0.05) is 30.3 Å². The van der Waals surface area contributed by atoms with Gasteiger partial charge in [0.2, 0.25) is 0 Å². The number of hydrogen-bond acceptors (Lipinski definition) is 1. The summed E-state index contributed by atoms with van der Waals surface area (Å²) in [5.41, 5.74) is 6.54. The lowest BCUT2D eigenvalue weighted by atomic mass is 10.3. The first-order valence-corrected chi connectivity index (χ1v) is 2.67. The first-order chi connectivity index (χ1) is 3.93. The molecule has 0 saturated carbocycles. The minimum absolute atomic E-state index is 0. The zero-order valence-electron chi connectivity index (χ0n) is 5.08. The van der Waals surface area contributed by atoms with Crippen LogP contribution in [0.25, 0.3) is 0 Å². The van der Waals surface area contributed by atoms with E-state index < -0.39 is 0 Å². The van der Waals surface area contributed by atoms with Gasteiger partial charge in [-0.2, -0.15) is 0 Å². The molecular weight excluding hydrogens is 136 g/mol. The highest BCUT2D eigenvalue weighted by molar-refractivity contribution is 5.85. The second-order valence-corrected chi connectivity index (χ2v) is 1.69. The van der Waals surface area contributed by atoms with E-state index in [2.05, 4.69) is 0 Å². The minimum atomic E-state index is 0. The van der Waals surface area contributed by atoms with Gasteiger partial charge in [-0.25, -0.2) is 0 Å². The Morgan fingerprint density at radius 1 is 1.11 bits per heavy atom. The predicted octanol–water partition coefficient (Wildman–Crippen LogP) is 1.57. The second kappa shape index (κ2) is 4.36. The summed E-state index contributed by atoms with van der Waals surface area (Å²) < 4.78 is 0. The van der Waals surface area contributed by atoms with Crippen LogP contribution in [0.5, 0.6) is 0 Å². The normalized spacial score (nSPS) is 8.11. The van der Waals surface area contributed by atoms with Crippen LogP contribution in [0.4, 0.5) is 0 Å². The van der Waals surface area contributed by atoms with E-state index in [9.17, 15) is 0 Å². The molecule has 0 fully saturated rings. The van der Waals surface area contributed by atoms with Crippen molar-refractivity contribution in [3.63, 3.8) is 0 Å². The van der Waals surface area contributed by atoms with Crippen molar-refractivity contribution >= 4 is 12.4 Å². The van der Waals surface area contributed by atoms with Crippen LogP contribution in [0.15, 0.2) is 30.3 Å². The van der Waals surface area contributed by atoms with Crippen LogP contribution in [-0.2, 0) is 6.54 Å². The third-order valence-corrected chi connectivity index (χ3v) is 1.08. The van der Waals surface area contributed by atoms with Gasteiger partial charge in [0.15, 0.2) is 0 Å². The molecule has 2 N–H and O–H groups in total. The highest BCUT2D eigenvalue weighted by Crippen LogP contribution is 1.94. The molecule has 1 aromatic carbocycles. The fourth-order valence-corrected chi connectivity index (χ4v) is 0.614. The molecule has 9 heavy (non-hydrogen) atoms. The second-order valence-electron chi connectivity index (χ2n) is 1.69. The van der Waals surface area contributed by atoms with Crippen LogP contribution in [0, 0.1) is 0 Å². The van der Waals surface area contributed by atoms with E-state index in [-0.39, 0.29) is 12.4 Å². The van der Waals surface area contributed by atoms with Crippen molar-refractivity contribution in [3.05, 3.63) is 35.9 Å². The largest absolute Gasteiger partial charge is 0.326 e. The number of rotatable bonds is 1. The quantitative estimate of drug-likeness (QED) is 0.638. The average molecular weight is 146 g/mol. The summed E-state index contributed by atoms with van der Waals surface area (Å²) in [5.74, 6) is 0. The average Bonchev–Trinajstić information content (AvgIpc) is 1.90. The predicted molar refractivity (Wildman–Crippen MR) is 41.6 cm³/mol. The lowest BCUT2D eigenvalue weighted by Crippen LogP contribution is -1.94. The van der Waals surface area contributed by atoms with Gasteiger partial charge in [-0.3, -0.25) is 0 Å². The molecule has 0 heterocycles. The zero-order chi connectivity index (χ0) is 5.82. The molecule has 0 spiro atoms. The molecule has 1 nitrogen and oxygen atoms in total. The van der Waals surface area contributed by atoms with Gasteiger partial charge in [-0.05, 0) is 5.56 Å². The van der Waals surface area contributed by atoms with E-state index in [0.29, 0.717) is 6.54 Å². The number of halogens is 1. The summed E-state index contributed by atoms with van der Waals surface area (Å²) in [7, 11) is 0. The van der Waals surface area contributed by atoms with Gasteiger partial charge in [0.05, 0.1) is 0 Å². The summed E-state index contributed by atoms with van der Waals surface area (Å²) >= 11 is 0. The lowest BCUT2D eigenvalue weighted by Gasteiger charge is -1.90. The SMILES string of the molecule is Cl.N[14CH2]c1ccccc1. The summed E-state index contributed by atoms with van der Waals surface area (Å²) in [6.45, 7) is 0.640. The van der Waals surface area contributed by atoms with E-state index in [1.54, 1.807) is 0 Å². The molecule has 0 aliphatic heterocycles. The Bertz CT molecular complexity index is 150. The van der Waals surface area contributed by atoms with Crippen molar-refractivity contribution in [1.82, 2.24) is 0 Å². The number of nitrogens with two attached hydrogens (primary N) is 1. The van der Waals surface area contributed by atoms with Gasteiger partial charge in [-0.15, -0.1) is 12.4 Å². The Labute approximate surface area is 61.3 Å². The molecule has 0 saturated heterocycles. The smallest absolute Gasteiger partial charge is 0.0178 e.